The molecule has 0 aromatic rings. The van der Waals surface area contributed by atoms with Gasteiger partial charge in [-0.15, -0.1) is 0 Å². The number of carbonyl (C=O) groups is 2. The largest absolute Gasteiger partial charge is 0.465 e. The van der Waals surface area contributed by atoms with E-state index >= 15 is 0 Å². The summed E-state index contributed by atoms with van der Waals surface area (Å²) in [6, 6.07) is 0. The van der Waals surface area contributed by atoms with Gasteiger partial charge in [0.25, 0.3) is 0 Å². The second-order valence-corrected chi connectivity index (χ2v) is 2.80. The molecule has 0 aliphatic rings. The number of ether oxygens (including phenoxy) is 1. The zero-order valence-corrected chi connectivity index (χ0v) is 7.71. The van der Waals surface area contributed by atoms with Crippen molar-refractivity contribution < 1.29 is 14.3 Å². The summed E-state index contributed by atoms with van der Waals surface area (Å²) >= 11 is 0. The lowest BCUT2D eigenvalue weighted by Gasteiger charge is -2.04. The van der Waals surface area contributed by atoms with Gasteiger partial charge in [0, 0.05) is 0 Å². The summed E-state index contributed by atoms with van der Waals surface area (Å²) < 4.78 is 4.83. The van der Waals surface area contributed by atoms with Crippen molar-refractivity contribution in [2.75, 3.05) is 6.61 Å². The molecule has 0 heterocycles. The second kappa shape index (κ2) is 6.83. The molecule has 70 valence electrons. The van der Waals surface area contributed by atoms with E-state index in [1.54, 1.807) is 0 Å². The van der Waals surface area contributed by atoms with E-state index < -0.39 is 11.9 Å². The predicted molar refractivity (Wildman–Crippen MR) is 45.7 cm³/mol. The molecule has 3 heteroatoms. The summed E-state index contributed by atoms with van der Waals surface area (Å²) in [5.74, 6) is -1.03. The molecule has 0 amide bonds. The fourth-order valence-electron chi connectivity index (χ4n) is 0.712. The van der Waals surface area contributed by atoms with E-state index in [0.717, 1.165) is 19.3 Å². The van der Waals surface area contributed by atoms with Crippen LogP contribution in [0, 0.1) is 5.92 Å². The van der Waals surface area contributed by atoms with Gasteiger partial charge in [-0.05, 0) is 13.3 Å². The average Bonchev–Trinajstić information content (AvgIpc) is 2.10. The predicted octanol–water partition coefficient (Wildman–Crippen LogP) is 1.55. The van der Waals surface area contributed by atoms with Gasteiger partial charge in [-0.3, -0.25) is 4.79 Å². The summed E-state index contributed by atoms with van der Waals surface area (Å²) in [6.07, 6.45) is 3.64. The quantitative estimate of drug-likeness (QED) is 0.264. The Morgan fingerprint density at radius 3 is 2.67 bits per heavy atom. The number of unbranched alkanes of at least 4 members (excludes halogenated alkanes) is 2. The van der Waals surface area contributed by atoms with Crippen LogP contribution in [0.3, 0.4) is 0 Å². The first-order chi connectivity index (χ1) is 5.72. The summed E-state index contributed by atoms with van der Waals surface area (Å²) in [4.78, 5) is 21.0. The molecule has 3 nitrogen and oxygen atoms in total. The number of rotatable bonds is 6. The van der Waals surface area contributed by atoms with Crippen LogP contribution in [0.15, 0.2) is 0 Å². The maximum absolute atomic E-state index is 10.9. The topological polar surface area (TPSA) is 43.4 Å². The van der Waals surface area contributed by atoms with Gasteiger partial charge < -0.3 is 9.53 Å². The van der Waals surface area contributed by atoms with Crippen LogP contribution in [0.2, 0.25) is 0 Å². The first-order valence-electron chi connectivity index (χ1n) is 4.34. The number of aldehydes is 1. The standard InChI is InChI=1S/C9H16O3/c1-3-4-5-6-12-9(11)8(2)7-10/h7-8H,3-6H2,1-2H3. The maximum Gasteiger partial charge on any atom is 0.315 e. The Morgan fingerprint density at radius 1 is 1.50 bits per heavy atom. The molecule has 0 radical (unpaired) electrons. The number of carbonyl (C=O) groups excluding carboxylic acids is 2. The minimum Gasteiger partial charge on any atom is -0.465 e. The van der Waals surface area contributed by atoms with E-state index in [4.69, 9.17) is 4.74 Å². The highest BCUT2D eigenvalue weighted by molar-refractivity contribution is 5.87. The molecule has 0 fully saturated rings. The molecule has 0 spiro atoms. The Hall–Kier alpha value is -0.860. The smallest absolute Gasteiger partial charge is 0.315 e. The van der Waals surface area contributed by atoms with E-state index in [1.165, 1.54) is 6.92 Å². The monoisotopic (exact) mass is 172 g/mol. The fraction of sp³-hybridized carbons (Fsp3) is 0.778. The summed E-state index contributed by atoms with van der Waals surface area (Å²) in [6.45, 7) is 4.05. The number of hydrogen-bond acceptors (Lipinski definition) is 3. The SMILES string of the molecule is CCCCCOC(=O)C(C)C=O. The lowest BCUT2D eigenvalue weighted by molar-refractivity contribution is -0.149. The van der Waals surface area contributed by atoms with Crippen LogP contribution in [-0.2, 0) is 14.3 Å². The molecule has 0 aliphatic carbocycles. The molecule has 0 N–H and O–H groups in total. The minimum absolute atomic E-state index is 0.416. The van der Waals surface area contributed by atoms with Gasteiger partial charge in [-0.2, -0.15) is 0 Å². The Balaban J connectivity index is 3.37. The molecule has 0 rings (SSSR count). The van der Waals surface area contributed by atoms with Gasteiger partial charge >= 0.3 is 5.97 Å². The Morgan fingerprint density at radius 2 is 2.17 bits per heavy atom. The van der Waals surface area contributed by atoms with E-state index in [0.29, 0.717) is 12.9 Å². The molecular formula is C9H16O3. The van der Waals surface area contributed by atoms with Gasteiger partial charge in [0.2, 0.25) is 0 Å². The molecule has 12 heavy (non-hydrogen) atoms. The van der Waals surface area contributed by atoms with Crippen LogP contribution in [0.1, 0.15) is 33.1 Å². The van der Waals surface area contributed by atoms with Crippen LogP contribution in [0.25, 0.3) is 0 Å². The van der Waals surface area contributed by atoms with Crippen molar-refractivity contribution in [1.29, 1.82) is 0 Å². The zero-order valence-electron chi connectivity index (χ0n) is 7.71. The molecule has 1 unspecified atom stereocenters. The van der Waals surface area contributed by atoms with Gasteiger partial charge in [-0.25, -0.2) is 0 Å². The van der Waals surface area contributed by atoms with Crippen molar-refractivity contribution >= 4 is 12.3 Å². The molecule has 0 saturated heterocycles. The van der Waals surface area contributed by atoms with Crippen LogP contribution >= 0.6 is 0 Å². The lowest BCUT2D eigenvalue weighted by Crippen LogP contribution is -2.16. The van der Waals surface area contributed by atoms with Crippen LogP contribution in [0.5, 0.6) is 0 Å². The molecular weight excluding hydrogens is 156 g/mol. The lowest BCUT2D eigenvalue weighted by atomic mass is 10.2. The second-order valence-electron chi connectivity index (χ2n) is 2.80. The Kier molecular flexibility index (Phi) is 6.34. The third-order valence-corrected chi connectivity index (χ3v) is 1.57. The van der Waals surface area contributed by atoms with Gasteiger partial charge in [0.15, 0.2) is 0 Å². The third-order valence-electron chi connectivity index (χ3n) is 1.57. The molecule has 1 atom stereocenters. The zero-order chi connectivity index (χ0) is 9.40. The van der Waals surface area contributed by atoms with Gasteiger partial charge in [0.1, 0.15) is 12.2 Å². The van der Waals surface area contributed by atoms with E-state index in [9.17, 15) is 9.59 Å². The molecule has 0 bridgehead atoms. The van der Waals surface area contributed by atoms with E-state index in [-0.39, 0.29) is 0 Å². The van der Waals surface area contributed by atoms with Crippen LogP contribution in [0.4, 0.5) is 0 Å². The Labute approximate surface area is 73.1 Å². The first kappa shape index (κ1) is 11.1. The molecule has 0 aliphatic heterocycles. The fourth-order valence-corrected chi connectivity index (χ4v) is 0.712. The van der Waals surface area contributed by atoms with E-state index in [1.807, 2.05) is 0 Å². The van der Waals surface area contributed by atoms with Crippen LogP contribution in [-0.4, -0.2) is 18.9 Å². The molecule has 0 aromatic heterocycles. The summed E-state index contributed by atoms with van der Waals surface area (Å²) in [7, 11) is 0. The highest BCUT2D eigenvalue weighted by Crippen LogP contribution is 1.98. The molecule has 0 aromatic carbocycles. The Bertz CT molecular complexity index is 143. The third kappa shape index (κ3) is 4.88. The van der Waals surface area contributed by atoms with Crippen molar-refractivity contribution in [3.8, 4) is 0 Å². The first-order valence-corrected chi connectivity index (χ1v) is 4.34. The highest BCUT2D eigenvalue weighted by Gasteiger charge is 2.11. The normalized spacial score (nSPS) is 12.2. The highest BCUT2D eigenvalue weighted by atomic mass is 16.5. The number of hydrogen-bond donors (Lipinski definition) is 0. The summed E-state index contributed by atoms with van der Waals surface area (Å²) in [5, 5.41) is 0. The minimum atomic E-state index is -0.619. The van der Waals surface area contributed by atoms with Gasteiger partial charge in [0.05, 0.1) is 6.61 Å². The van der Waals surface area contributed by atoms with Crippen molar-refractivity contribution in [3.05, 3.63) is 0 Å². The van der Waals surface area contributed by atoms with E-state index in [2.05, 4.69) is 6.92 Å². The molecule has 0 saturated carbocycles. The van der Waals surface area contributed by atoms with Crippen molar-refractivity contribution in [2.24, 2.45) is 5.92 Å². The van der Waals surface area contributed by atoms with Crippen molar-refractivity contribution in [1.82, 2.24) is 0 Å². The van der Waals surface area contributed by atoms with Crippen LogP contribution < -0.4 is 0 Å². The van der Waals surface area contributed by atoms with Crippen molar-refractivity contribution in [2.45, 2.75) is 33.1 Å². The van der Waals surface area contributed by atoms with Crippen molar-refractivity contribution in [3.63, 3.8) is 0 Å². The van der Waals surface area contributed by atoms with Gasteiger partial charge in [-0.1, -0.05) is 19.8 Å². The summed E-state index contributed by atoms with van der Waals surface area (Å²) in [5.41, 5.74) is 0. The maximum atomic E-state index is 10.9. The number of esters is 1. The average molecular weight is 172 g/mol.